The van der Waals surface area contributed by atoms with Crippen molar-refractivity contribution in [2.24, 2.45) is 10.8 Å². The van der Waals surface area contributed by atoms with E-state index >= 15 is 0 Å². The number of hydrogen-bond donors (Lipinski definition) is 3. The van der Waals surface area contributed by atoms with E-state index in [4.69, 9.17) is 5.84 Å². The van der Waals surface area contributed by atoms with Crippen LogP contribution in [0.4, 0.5) is 0 Å². The topological polar surface area (TPSA) is 62.4 Å². The number of rotatable bonds is 7. The number of nitrogens with two attached hydrogens (primary N) is 1. The highest BCUT2D eigenvalue weighted by molar-refractivity contribution is 7.98. The Hall–Kier alpha value is -0.420. The predicted molar refractivity (Wildman–Crippen MR) is 65.5 cm³/mol. The summed E-state index contributed by atoms with van der Waals surface area (Å²) in [4.78, 5) is 4.24. The summed E-state index contributed by atoms with van der Waals surface area (Å²) in [6, 6.07) is 0. The molecule has 0 unspecified atom stereocenters. The fraction of sp³-hybridized carbons (Fsp3) is 0.889. The first-order valence-corrected chi connectivity index (χ1v) is 6.48. The molecular weight excluding hydrogens is 196 g/mol. The molecule has 0 radical (unpaired) electrons. The summed E-state index contributed by atoms with van der Waals surface area (Å²) in [5, 5.41) is 3.17. The van der Waals surface area contributed by atoms with Crippen molar-refractivity contribution in [1.29, 1.82) is 0 Å². The Labute approximate surface area is 91.1 Å². The molecule has 0 rings (SSSR count). The molecule has 0 atom stereocenters. The molecule has 4 N–H and O–H groups in total. The number of nitrogens with zero attached hydrogens (tertiary/aromatic N) is 1. The monoisotopic (exact) mass is 218 g/mol. The first-order valence-electron chi connectivity index (χ1n) is 5.09. The highest BCUT2D eigenvalue weighted by Gasteiger charge is 1.93. The molecule has 4 nitrogen and oxygen atoms in total. The quantitative estimate of drug-likeness (QED) is 0.196. The third-order valence-electron chi connectivity index (χ3n) is 1.70. The summed E-state index contributed by atoms with van der Waals surface area (Å²) < 4.78 is 0. The van der Waals surface area contributed by atoms with Gasteiger partial charge < -0.3 is 5.32 Å². The number of hydrogen-bond acceptors (Lipinski definition) is 3. The van der Waals surface area contributed by atoms with Gasteiger partial charge in [0.2, 0.25) is 5.96 Å². The van der Waals surface area contributed by atoms with Gasteiger partial charge in [-0.05, 0) is 31.3 Å². The zero-order chi connectivity index (χ0) is 10.6. The van der Waals surface area contributed by atoms with Crippen molar-refractivity contribution in [3.8, 4) is 0 Å². The molecule has 0 saturated carbocycles. The standard InChI is InChI=1S/C9H22N4S/c1-3-6-11-9(13-10)12-7-4-5-8-14-2/h3-8,10H2,1-2H3,(H2,11,12,13). The zero-order valence-corrected chi connectivity index (χ0v) is 9.99. The van der Waals surface area contributed by atoms with E-state index in [9.17, 15) is 0 Å². The van der Waals surface area contributed by atoms with E-state index in [0.29, 0.717) is 5.96 Å². The Balaban J connectivity index is 3.42. The summed E-state index contributed by atoms with van der Waals surface area (Å²) in [6.07, 6.45) is 5.57. The Morgan fingerprint density at radius 3 is 2.79 bits per heavy atom. The normalized spacial score (nSPS) is 11.5. The molecule has 0 spiro atoms. The molecule has 0 saturated heterocycles. The first kappa shape index (κ1) is 13.6. The third kappa shape index (κ3) is 8.19. The highest BCUT2D eigenvalue weighted by atomic mass is 32.2. The van der Waals surface area contributed by atoms with Gasteiger partial charge in [0.25, 0.3) is 0 Å². The summed E-state index contributed by atoms with van der Waals surface area (Å²) in [6.45, 7) is 3.85. The Bertz CT molecular complexity index is 150. The van der Waals surface area contributed by atoms with E-state index in [-0.39, 0.29) is 0 Å². The van der Waals surface area contributed by atoms with Crippen LogP contribution in [0.5, 0.6) is 0 Å². The van der Waals surface area contributed by atoms with E-state index in [1.54, 1.807) is 0 Å². The highest BCUT2D eigenvalue weighted by Crippen LogP contribution is 1.97. The minimum absolute atomic E-state index is 0.705. The van der Waals surface area contributed by atoms with Crippen LogP contribution in [0.15, 0.2) is 4.99 Å². The summed E-state index contributed by atoms with van der Waals surface area (Å²) in [7, 11) is 0. The van der Waals surface area contributed by atoms with Crippen molar-refractivity contribution >= 4 is 17.7 Å². The van der Waals surface area contributed by atoms with E-state index in [1.807, 2.05) is 11.8 Å². The number of nitrogens with one attached hydrogen (secondary N) is 2. The summed E-state index contributed by atoms with van der Waals surface area (Å²) in [5.74, 6) is 7.23. The van der Waals surface area contributed by atoms with Crippen molar-refractivity contribution in [2.75, 3.05) is 25.1 Å². The van der Waals surface area contributed by atoms with Crippen molar-refractivity contribution in [2.45, 2.75) is 26.2 Å². The number of guanidine groups is 1. The van der Waals surface area contributed by atoms with E-state index in [0.717, 1.165) is 25.9 Å². The molecule has 0 bridgehead atoms. The molecular formula is C9H22N4S. The zero-order valence-electron chi connectivity index (χ0n) is 9.18. The number of thioether (sulfide) groups is 1. The number of unbranched alkanes of at least 4 members (excludes halogenated alkanes) is 1. The molecule has 14 heavy (non-hydrogen) atoms. The van der Waals surface area contributed by atoms with Crippen LogP contribution < -0.4 is 16.6 Å². The molecule has 0 heterocycles. The van der Waals surface area contributed by atoms with Crippen LogP contribution in [0.1, 0.15) is 26.2 Å². The molecule has 0 aliphatic heterocycles. The SMILES string of the molecule is CCCN=C(NN)NCCCCSC. The van der Waals surface area contributed by atoms with Crippen molar-refractivity contribution in [3.05, 3.63) is 0 Å². The number of hydrazine groups is 1. The molecule has 84 valence electrons. The van der Waals surface area contributed by atoms with Gasteiger partial charge in [0, 0.05) is 13.1 Å². The van der Waals surface area contributed by atoms with Crippen LogP contribution in [-0.2, 0) is 0 Å². The van der Waals surface area contributed by atoms with Gasteiger partial charge in [-0.3, -0.25) is 10.4 Å². The fourth-order valence-electron chi connectivity index (χ4n) is 0.954. The lowest BCUT2D eigenvalue weighted by Gasteiger charge is -2.08. The van der Waals surface area contributed by atoms with Gasteiger partial charge in [-0.25, -0.2) is 5.84 Å². The van der Waals surface area contributed by atoms with Crippen molar-refractivity contribution in [1.82, 2.24) is 10.7 Å². The fourth-order valence-corrected chi connectivity index (χ4v) is 1.45. The van der Waals surface area contributed by atoms with E-state index in [2.05, 4.69) is 28.9 Å². The average Bonchev–Trinajstić information content (AvgIpc) is 2.22. The van der Waals surface area contributed by atoms with Gasteiger partial charge in [-0.15, -0.1) is 0 Å². The lowest BCUT2D eigenvalue weighted by atomic mass is 10.3. The molecule has 0 aromatic rings. The first-order chi connectivity index (χ1) is 6.85. The van der Waals surface area contributed by atoms with Crippen LogP contribution in [0, 0.1) is 0 Å². The predicted octanol–water partition coefficient (Wildman–Crippen LogP) is 0.948. The van der Waals surface area contributed by atoms with Crippen LogP contribution in [0.25, 0.3) is 0 Å². The maximum atomic E-state index is 5.31. The largest absolute Gasteiger partial charge is 0.355 e. The Morgan fingerprint density at radius 1 is 1.43 bits per heavy atom. The van der Waals surface area contributed by atoms with Gasteiger partial charge in [-0.1, -0.05) is 6.92 Å². The maximum absolute atomic E-state index is 5.31. The second-order valence-corrected chi connectivity index (χ2v) is 3.99. The van der Waals surface area contributed by atoms with Gasteiger partial charge >= 0.3 is 0 Å². The molecule has 0 fully saturated rings. The van der Waals surface area contributed by atoms with Gasteiger partial charge in [-0.2, -0.15) is 11.8 Å². The number of aliphatic imine (C=N–C) groups is 1. The second-order valence-electron chi connectivity index (χ2n) is 3.00. The summed E-state index contributed by atoms with van der Waals surface area (Å²) in [5.41, 5.74) is 2.56. The maximum Gasteiger partial charge on any atom is 0.205 e. The van der Waals surface area contributed by atoms with Crippen LogP contribution in [0.2, 0.25) is 0 Å². The molecule has 0 aliphatic carbocycles. The van der Waals surface area contributed by atoms with Gasteiger partial charge in [0.1, 0.15) is 0 Å². The van der Waals surface area contributed by atoms with Crippen molar-refractivity contribution in [3.63, 3.8) is 0 Å². The third-order valence-corrected chi connectivity index (χ3v) is 2.39. The second kappa shape index (κ2) is 10.7. The Morgan fingerprint density at radius 2 is 2.21 bits per heavy atom. The van der Waals surface area contributed by atoms with E-state index in [1.165, 1.54) is 12.2 Å². The van der Waals surface area contributed by atoms with E-state index < -0.39 is 0 Å². The van der Waals surface area contributed by atoms with Crippen LogP contribution in [0.3, 0.4) is 0 Å². The van der Waals surface area contributed by atoms with Crippen molar-refractivity contribution < 1.29 is 0 Å². The van der Waals surface area contributed by atoms with Crippen LogP contribution >= 0.6 is 11.8 Å². The molecule has 0 aromatic heterocycles. The minimum atomic E-state index is 0.705. The van der Waals surface area contributed by atoms with Crippen LogP contribution in [-0.4, -0.2) is 31.1 Å². The van der Waals surface area contributed by atoms with Gasteiger partial charge in [0.15, 0.2) is 0 Å². The lowest BCUT2D eigenvalue weighted by molar-refractivity contribution is 0.735. The van der Waals surface area contributed by atoms with Gasteiger partial charge in [0.05, 0.1) is 0 Å². The summed E-state index contributed by atoms with van der Waals surface area (Å²) >= 11 is 1.88. The molecule has 5 heteroatoms. The smallest absolute Gasteiger partial charge is 0.205 e. The molecule has 0 amide bonds. The minimum Gasteiger partial charge on any atom is -0.355 e. The Kier molecular flexibility index (Phi) is 10.3. The molecule has 0 aliphatic rings. The average molecular weight is 218 g/mol. The lowest BCUT2D eigenvalue weighted by Crippen LogP contribution is -2.42. The molecule has 0 aromatic carbocycles.